The Morgan fingerprint density at radius 1 is 1.12 bits per heavy atom. The highest BCUT2D eigenvalue weighted by atomic mass is 28.4. The lowest BCUT2D eigenvalue weighted by Gasteiger charge is -2.43. The van der Waals surface area contributed by atoms with Gasteiger partial charge in [0.1, 0.15) is 5.76 Å². The van der Waals surface area contributed by atoms with Crippen LogP contribution < -0.4 is 0 Å². The molecule has 0 heterocycles. The minimum atomic E-state index is -2.01. The molecular formula is C20H34O4Si. The Kier molecular flexibility index (Phi) is 6.99. The second-order valence-corrected chi connectivity index (χ2v) is 13.3. The smallest absolute Gasteiger partial charge is 0.229 e. The van der Waals surface area contributed by atoms with Gasteiger partial charge in [0.05, 0.1) is 13.2 Å². The Morgan fingerprint density at radius 3 is 2.12 bits per heavy atom. The van der Waals surface area contributed by atoms with Crippen molar-refractivity contribution in [1.29, 1.82) is 0 Å². The van der Waals surface area contributed by atoms with Gasteiger partial charge in [0.15, 0.2) is 8.32 Å². The van der Waals surface area contributed by atoms with E-state index in [2.05, 4.69) is 47.7 Å². The first-order valence-corrected chi connectivity index (χ1v) is 12.0. The summed E-state index contributed by atoms with van der Waals surface area (Å²) in [7, 11) is -0.501. The molecule has 0 fully saturated rings. The van der Waals surface area contributed by atoms with E-state index in [-0.39, 0.29) is 23.0 Å². The zero-order valence-electron chi connectivity index (χ0n) is 17.2. The predicted octanol–water partition coefficient (Wildman–Crippen LogP) is 4.67. The third-order valence-electron chi connectivity index (χ3n) is 5.72. The molecule has 142 valence electrons. The van der Waals surface area contributed by atoms with Crippen molar-refractivity contribution in [3.8, 4) is 0 Å². The molecule has 3 atom stereocenters. The number of methoxy groups -OCH3 is 1. The second-order valence-electron chi connectivity index (χ2n) is 8.56. The van der Waals surface area contributed by atoms with Crippen molar-refractivity contribution in [3.05, 3.63) is 23.5 Å². The van der Waals surface area contributed by atoms with Crippen LogP contribution in [0.4, 0.5) is 0 Å². The van der Waals surface area contributed by atoms with E-state index in [0.717, 1.165) is 6.42 Å². The average Bonchev–Trinajstić information content (AvgIpc) is 2.52. The molecule has 1 aliphatic carbocycles. The zero-order valence-corrected chi connectivity index (χ0v) is 18.2. The molecule has 0 unspecified atom stereocenters. The van der Waals surface area contributed by atoms with Gasteiger partial charge in [-0.15, -0.1) is 0 Å². The standard InChI is InChI=1S/C20H34O4Si/c1-10-13(2)19(24-25(8,9)20(4,5)6)14(3)16-11-15(23-7)12-17(21)18(16)22/h11-14,19H,10H2,1-9H3/t13-,14-,19+/m0/s1. The van der Waals surface area contributed by atoms with Gasteiger partial charge in [-0.25, -0.2) is 0 Å². The fourth-order valence-electron chi connectivity index (χ4n) is 2.69. The zero-order chi connectivity index (χ0) is 19.6. The summed E-state index contributed by atoms with van der Waals surface area (Å²) < 4.78 is 11.9. The first kappa shape index (κ1) is 21.8. The van der Waals surface area contributed by atoms with Crippen LogP contribution in [0.25, 0.3) is 0 Å². The largest absolute Gasteiger partial charge is 0.497 e. The maximum Gasteiger partial charge on any atom is 0.229 e. The minimum Gasteiger partial charge on any atom is -0.497 e. The third kappa shape index (κ3) is 4.91. The SMILES string of the molecule is CC[C@H](C)[C@@H](O[Si](C)(C)C(C)(C)C)[C@@H](C)C1=CC(OC)=CC(=O)C1=O. The van der Waals surface area contributed by atoms with Crippen molar-refractivity contribution in [3.63, 3.8) is 0 Å². The number of carbonyl (C=O) groups excluding carboxylic acids is 2. The summed E-state index contributed by atoms with van der Waals surface area (Å²) in [6.07, 6.45) is 3.79. The van der Waals surface area contributed by atoms with Crippen LogP contribution in [0.3, 0.4) is 0 Å². The number of hydrogen-bond donors (Lipinski definition) is 0. The van der Waals surface area contributed by atoms with Crippen molar-refractivity contribution >= 4 is 19.9 Å². The van der Waals surface area contributed by atoms with Gasteiger partial charge in [-0.1, -0.05) is 48.0 Å². The molecule has 0 N–H and O–H groups in total. The van der Waals surface area contributed by atoms with E-state index in [9.17, 15) is 9.59 Å². The summed E-state index contributed by atoms with van der Waals surface area (Å²) in [5.74, 6) is -0.414. The molecule has 0 saturated heterocycles. The van der Waals surface area contributed by atoms with Crippen molar-refractivity contribution in [2.75, 3.05) is 7.11 Å². The van der Waals surface area contributed by atoms with E-state index in [0.29, 0.717) is 11.3 Å². The van der Waals surface area contributed by atoms with Crippen molar-refractivity contribution in [1.82, 2.24) is 0 Å². The summed E-state index contributed by atoms with van der Waals surface area (Å²) in [6, 6.07) is 0. The van der Waals surface area contributed by atoms with Crippen LogP contribution in [-0.4, -0.2) is 33.1 Å². The third-order valence-corrected chi connectivity index (χ3v) is 10.2. The number of Topliss-reactive ketones (excluding diaryl/α,β-unsaturated/α-hetero) is 1. The highest BCUT2D eigenvalue weighted by molar-refractivity contribution is 6.74. The highest BCUT2D eigenvalue weighted by Crippen LogP contribution is 2.40. The predicted molar refractivity (Wildman–Crippen MR) is 104 cm³/mol. The van der Waals surface area contributed by atoms with Crippen LogP contribution in [0, 0.1) is 11.8 Å². The van der Waals surface area contributed by atoms with E-state index in [1.54, 1.807) is 6.08 Å². The van der Waals surface area contributed by atoms with Gasteiger partial charge in [-0.2, -0.15) is 0 Å². The van der Waals surface area contributed by atoms with Crippen LogP contribution in [0.2, 0.25) is 18.1 Å². The second kappa shape index (κ2) is 8.00. The van der Waals surface area contributed by atoms with Gasteiger partial charge in [0.2, 0.25) is 11.6 Å². The summed E-state index contributed by atoms with van der Waals surface area (Å²) in [4.78, 5) is 24.4. The lowest BCUT2D eigenvalue weighted by molar-refractivity contribution is -0.132. The van der Waals surface area contributed by atoms with E-state index in [1.807, 2.05) is 6.92 Å². The van der Waals surface area contributed by atoms with Crippen LogP contribution >= 0.6 is 0 Å². The van der Waals surface area contributed by atoms with Crippen molar-refractivity contribution in [2.24, 2.45) is 11.8 Å². The Balaban J connectivity index is 3.23. The number of ether oxygens (including phenoxy) is 1. The molecule has 0 amide bonds. The molecule has 0 aromatic carbocycles. The minimum absolute atomic E-state index is 0.0802. The Morgan fingerprint density at radius 2 is 1.68 bits per heavy atom. The van der Waals surface area contributed by atoms with Gasteiger partial charge >= 0.3 is 0 Å². The summed E-state index contributed by atoms with van der Waals surface area (Å²) >= 11 is 0. The number of hydrogen-bond acceptors (Lipinski definition) is 4. The van der Waals surface area contributed by atoms with Gasteiger partial charge < -0.3 is 9.16 Å². The van der Waals surface area contributed by atoms with Gasteiger partial charge in [-0.3, -0.25) is 9.59 Å². The maximum absolute atomic E-state index is 12.4. The van der Waals surface area contributed by atoms with Crippen LogP contribution in [0.15, 0.2) is 23.5 Å². The maximum atomic E-state index is 12.4. The number of allylic oxidation sites excluding steroid dienone is 2. The summed E-state index contributed by atoms with van der Waals surface area (Å²) in [5, 5.41) is 0.0802. The first-order chi connectivity index (χ1) is 11.4. The fourth-order valence-corrected chi connectivity index (χ4v) is 4.16. The molecule has 0 spiro atoms. The van der Waals surface area contributed by atoms with E-state index in [1.165, 1.54) is 13.2 Å². The first-order valence-electron chi connectivity index (χ1n) is 9.09. The fraction of sp³-hybridized carbons (Fsp3) is 0.700. The Bertz CT molecular complexity index is 581. The topological polar surface area (TPSA) is 52.6 Å². The molecule has 4 nitrogen and oxygen atoms in total. The van der Waals surface area contributed by atoms with E-state index < -0.39 is 19.9 Å². The van der Waals surface area contributed by atoms with Crippen LogP contribution in [-0.2, 0) is 18.8 Å². The van der Waals surface area contributed by atoms with Gasteiger partial charge in [-0.05, 0) is 30.1 Å². The van der Waals surface area contributed by atoms with Crippen molar-refractivity contribution < 1.29 is 18.8 Å². The molecule has 1 aliphatic rings. The molecule has 0 radical (unpaired) electrons. The number of rotatable bonds is 7. The molecule has 0 bridgehead atoms. The number of ketones is 2. The molecule has 0 aromatic heterocycles. The highest BCUT2D eigenvalue weighted by Gasteiger charge is 2.43. The van der Waals surface area contributed by atoms with E-state index >= 15 is 0 Å². The monoisotopic (exact) mass is 366 g/mol. The molecule has 0 aromatic rings. The quantitative estimate of drug-likeness (QED) is 0.373. The molecule has 1 rings (SSSR count). The van der Waals surface area contributed by atoms with E-state index in [4.69, 9.17) is 9.16 Å². The lowest BCUT2D eigenvalue weighted by atomic mass is 9.82. The normalized spacial score (nSPS) is 19.9. The molecule has 5 heteroatoms. The van der Waals surface area contributed by atoms with Gasteiger partial charge in [0, 0.05) is 17.6 Å². The number of carbonyl (C=O) groups is 2. The van der Waals surface area contributed by atoms with Gasteiger partial charge in [0.25, 0.3) is 0 Å². The molecular weight excluding hydrogens is 332 g/mol. The Labute approximate surface area is 153 Å². The molecule has 25 heavy (non-hydrogen) atoms. The lowest BCUT2D eigenvalue weighted by Crippen LogP contribution is -2.48. The van der Waals surface area contributed by atoms with Crippen LogP contribution in [0.5, 0.6) is 0 Å². The molecule has 0 saturated carbocycles. The summed E-state index contributed by atoms with van der Waals surface area (Å²) in [5.41, 5.74) is 0.494. The summed E-state index contributed by atoms with van der Waals surface area (Å²) in [6.45, 7) is 17.3. The average molecular weight is 367 g/mol. The molecule has 0 aliphatic heterocycles. The Hall–Kier alpha value is -1.20. The van der Waals surface area contributed by atoms with Crippen LogP contribution in [0.1, 0.15) is 48.0 Å². The van der Waals surface area contributed by atoms with Crippen molar-refractivity contribution in [2.45, 2.75) is 72.2 Å².